The molecule has 2 aromatic heterocycles. The Morgan fingerprint density at radius 3 is 1.48 bits per heavy atom. The summed E-state index contributed by atoms with van der Waals surface area (Å²) >= 11 is 2.38. The number of fused-ring (bicyclic) bond motifs is 6. The minimum atomic E-state index is -0.247. The lowest BCUT2D eigenvalue weighted by molar-refractivity contribution is 0.627. The second-order valence-corrected chi connectivity index (χ2v) is 18.0. The lowest BCUT2D eigenvalue weighted by atomic mass is 10.00. The number of aromatic nitrogens is 2. The SMILES string of the molecule is Fc1ccc(-n2c3ccccc3c3cc(N(c4ccccc4)c4ccc(-c5ccc(N(c6ccccc6)c6ccc7c(c6)c6c(n7-c7ccc(I)cc7)C=CCC6)cc5)cc4)ccc32)cc1. The maximum Gasteiger partial charge on any atom is 0.123 e. The van der Waals surface area contributed by atoms with E-state index in [2.05, 4.69) is 248 Å². The van der Waals surface area contributed by atoms with E-state index in [0.29, 0.717) is 0 Å². The molecule has 0 spiro atoms. The number of rotatable bonds is 9. The molecule has 0 saturated carbocycles. The van der Waals surface area contributed by atoms with Crippen molar-refractivity contribution >= 4 is 95.5 Å². The van der Waals surface area contributed by atoms with Crippen molar-refractivity contribution in [2.24, 2.45) is 0 Å². The van der Waals surface area contributed by atoms with Crippen molar-refractivity contribution in [3.8, 4) is 22.5 Å². The molecule has 4 nitrogen and oxygen atoms in total. The first-order valence-electron chi connectivity index (χ1n) is 22.4. The predicted octanol–water partition coefficient (Wildman–Crippen LogP) is 17.0. The molecule has 0 aliphatic heterocycles. The zero-order chi connectivity index (χ0) is 44.1. The molecule has 9 aromatic carbocycles. The first kappa shape index (κ1) is 39.9. The van der Waals surface area contributed by atoms with Crippen LogP contribution < -0.4 is 9.80 Å². The molecule has 316 valence electrons. The number of para-hydroxylation sites is 3. The van der Waals surface area contributed by atoms with Crippen LogP contribution in [0.5, 0.6) is 0 Å². The summed E-state index contributed by atoms with van der Waals surface area (Å²) in [5.41, 5.74) is 17.0. The van der Waals surface area contributed by atoms with E-state index in [4.69, 9.17) is 0 Å². The van der Waals surface area contributed by atoms with Gasteiger partial charge in [-0.1, -0.05) is 84.9 Å². The number of aryl methyl sites for hydroxylation is 1. The highest BCUT2D eigenvalue weighted by molar-refractivity contribution is 14.1. The monoisotopic (exact) mass is 964 g/mol. The molecule has 0 amide bonds. The molecule has 2 heterocycles. The van der Waals surface area contributed by atoms with Crippen LogP contribution in [0, 0.1) is 9.39 Å². The van der Waals surface area contributed by atoms with E-state index in [1.165, 1.54) is 43.6 Å². The summed E-state index contributed by atoms with van der Waals surface area (Å²) in [7, 11) is 0. The van der Waals surface area contributed by atoms with Gasteiger partial charge < -0.3 is 18.9 Å². The lowest BCUT2D eigenvalue weighted by Gasteiger charge is -2.26. The van der Waals surface area contributed by atoms with Gasteiger partial charge in [-0.2, -0.15) is 0 Å². The van der Waals surface area contributed by atoms with Crippen molar-refractivity contribution in [1.29, 1.82) is 0 Å². The van der Waals surface area contributed by atoms with Gasteiger partial charge >= 0.3 is 0 Å². The van der Waals surface area contributed by atoms with Gasteiger partial charge in [-0.25, -0.2) is 4.39 Å². The first-order chi connectivity index (χ1) is 32.6. The third kappa shape index (κ3) is 7.05. The van der Waals surface area contributed by atoms with Crippen molar-refractivity contribution in [2.75, 3.05) is 9.80 Å². The van der Waals surface area contributed by atoms with Crippen molar-refractivity contribution in [2.45, 2.75) is 12.8 Å². The average Bonchev–Trinajstić information content (AvgIpc) is 3.88. The van der Waals surface area contributed by atoms with Gasteiger partial charge in [-0.05, 0) is 198 Å². The Labute approximate surface area is 396 Å². The van der Waals surface area contributed by atoms with E-state index in [0.717, 1.165) is 85.6 Å². The molecule has 0 atom stereocenters. The fraction of sp³-hybridized carbons (Fsp3) is 0.0333. The number of hydrogen-bond donors (Lipinski definition) is 0. The van der Waals surface area contributed by atoms with Gasteiger partial charge in [0.05, 0.1) is 16.6 Å². The molecule has 1 aliphatic carbocycles. The summed E-state index contributed by atoms with van der Waals surface area (Å²) in [4.78, 5) is 4.68. The number of nitrogens with zero attached hydrogens (tertiary/aromatic N) is 4. The first-order valence-corrected chi connectivity index (χ1v) is 23.4. The quantitative estimate of drug-likeness (QED) is 0.134. The van der Waals surface area contributed by atoms with E-state index in [-0.39, 0.29) is 5.82 Å². The molecule has 0 radical (unpaired) electrons. The second-order valence-electron chi connectivity index (χ2n) is 16.8. The van der Waals surface area contributed by atoms with Gasteiger partial charge in [-0.15, -0.1) is 0 Å². The highest BCUT2D eigenvalue weighted by atomic mass is 127. The molecule has 11 aromatic rings. The number of benzene rings is 9. The topological polar surface area (TPSA) is 16.3 Å². The van der Waals surface area contributed by atoms with Crippen molar-refractivity contribution in [1.82, 2.24) is 9.13 Å². The van der Waals surface area contributed by atoms with Gasteiger partial charge in [-0.3, -0.25) is 0 Å². The average molecular weight is 965 g/mol. The smallest absolute Gasteiger partial charge is 0.123 e. The van der Waals surface area contributed by atoms with Crippen LogP contribution in [-0.4, -0.2) is 9.13 Å². The number of hydrogen-bond acceptors (Lipinski definition) is 2. The minimum Gasteiger partial charge on any atom is -0.310 e. The van der Waals surface area contributed by atoms with Crippen LogP contribution in [0.15, 0.2) is 224 Å². The molecule has 6 heteroatoms. The lowest BCUT2D eigenvalue weighted by Crippen LogP contribution is -2.10. The van der Waals surface area contributed by atoms with Crippen LogP contribution >= 0.6 is 22.6 Å². The number of allylic oxidation sites excluding steroid dienone is 1. The third-order valence-corrected chi connectivity index (χ3v) is 13.6. The molecule has 0 saturated heterocycles. The second kappa shape index (κ2) is 16.7. The maximum absolute atomic E-state index is 14.0. The Kier molecular flexibility index (Phi) is 10.1. The summed E-state index contributed by atoms with van der Waals surface area (Å²) in [6.45, 7) is 0. The van der Waals surface area contributed by atoms with E-state index in [1.54, 1.807) is 0 Å². The van der Waals surface area contributed by atoms with Gasteiger partial charge in [0.2, 0.25) is 0 Å². The summed E-state index contributed by atoms with van der Waals surface area (Å²) < 4.78 is 19.9. The standard InChI is InChI=1S/C60H42FIN4/c61-43-23-31-49(32-24-43)65-57-17-9-7-15-53(57)55-39-51(35-37-59(55)65)63(45-11-3-1-4-12-45)47-27-19-41(20-28-47)42-21-29-48(30-22-42)64(46-13-5-2-6-14-46)52-36-38-60-56(40-52)54-16-8-10-18-58(54)66(60)50-33-25-44(62)26-34-50/h1-7,9-15,17-40H,8,16H2. The summed E-state index contributed by atoms with van der Waals surface area (Å²) in [5, 5.41) is 3.57. The van der Waals surface area contributed by atoms with Crippen LogP contribution in [0.4, 0.5) is 38.5 Å². The zero-order valence-electron chi connectivity index (χ0n) is 35.9. The normalized spacial score (nSPS) is 12.2. The van der Waals surface area contributed by atoms with E-state index < -0.39 is 0 Å². The van der Waals surface area contributed by atoms with E-state index >= 15 is 0 Å². The minimum absolute atomic E-state index is 0.247. The Bertz CT molecular complexity index is 3580. The molecule has 66 heavy (non-hydrogen) atoms. The Morgan fingerprint density at radius 1 is 0.409 bits per heavy atom. The van der Waals surface area contributed by atoms with Crippen molar-refractivity contribution < 1.29 is 4.39 Å². The van der Waals surface area contributed by atoms with Gasteiger partial charge in [0, 0.05) is 70.9 Å². The van der Waals surface area contributed by atoms with Gasteiger partial charge in [0.25, 0.3) is 0 Å². The Hall–Kier alpha value is -7.68. The zero-order valence-corrected chi connectivity index (χ0v) is 38.1. The molecule has 0 bridgehead atoms. The Balaban J connectivity index is 0.894. The van der Waals surface area contributed by atoms with Crippen LogP contribution in [0.3, 0.4) is 0 Å². The summed E-state index contributed by atoms with van der Waals surface area (Å²) in [6, 6.07) is 76.6. The Morgan fingerprint density at radius 2 is 0.879 bits per heavy atom. The van der Waals surface area contributed by atoms with Crippen LogP contribution in [0.1, 0.15) is 17.7 Å². The van der Waals surface area contributed by atoms with Crippen LogP contribution in [0.25, 0.3) is 61.3 Å². The fourth-order valence-corrected chi connectivity index (χ4v) is 10.2. The van der Waals surface area contributed by atoms with Crippen molar-refractivity contribution in [3.63, 3.8) is 0 Å². The van der Waals surface area contributed by atoms with Gasteiger partial charge in [0.1, 0.15) is 5.82 Å². The number of anilines is 6. The van der Waals surface area contributed by atoms with Crippen LogP contribution in [0.2, 0.25) is 0 Å². The number of halogens is 2. The van der Waals surface area contributed by atoms with Crippen LogP contribution in [-0.2, 0) is 6.42 Å². The molecule has 1 aliphatic rings. The third-order valence-electron chi connectivity index (χ3n) is 12.9. The largest absolute Gasteiger partial charge is 0.310 e. The molecule has 0 unspecified atom stereocenters. The highest BCUT2D eigenvalue weighted by Crippen LogP contribution is 2.43. The summed E-state index contributed by atoms with van der Waals surface area (Å²) in [5.74, 6) is -0.247. The molecular weight excluding hydrogens is 923 g/mol. The highest BCUT2D eigenvalue weighted by Gasteiger charge is 2.22. The predicted molar refractivity (Wildman–Crippen MR) is 282 cm³/mol. The van der Waals surface area contributed by atoms with Gasteiger partial charge in [0.15, 0.2) is 0 Å². The fourth-order valence-electron chi connectivity index (χ4n) is 9.85. The van der Waals surface area contributed by atoms with Crippen molar-refractivity contribution in [3.05, 3.63) is 245 Å². The molecule has 12 rings (SSSR count). The van der Waals surface area contributed by atoms with E-state index in [1.807, 2.05) is 12.1 Å². The van der Waals surface area contributed by atoms with E-state index in [9.17, 15) is 4.39 Å². The molecule has 0 fully saturated rings. The molecule has 0 N–H and O–H groups in total. The summed E-state index contributed by atoms with van der Waals surface area (Å²) in [6.07, 6.45) is 6.66. The maximum atomic E-state index is 14.0. The molecular formula is C60H42FIN4.